The minimum atomic E-state index is -0.434. The number of rotatable bonds is 3. The van der Waals surface area contributed by atoms with Crippen LogP contribution in [0.2, 0.25) is 0 Å². The summed E-state index contributed by atoms with van der Waals surface area (Å²) in [4.78, 5) is 29.3. The number of aromatic nitrogens is 1. The molecule has 0 saturated carbocycles. The Balaban J connectivity index is 1.81. The minimum Gasteiger partial charge on any atom is -0.465 e. The third-order valence-electron chi connectivity index (χ3n) is 4.64. The SMILES string of the molecule is CCn1c(=NC(=O)c2ccc(C(=O)OC)cc2)sc2c3ccccc3ccc21. The Labute approximate surface area is 165 Å². The van der Waals surface area contributed by atoms with Crippen LogP contribution >= 0.6 is 11.3 Å². The van der Waals surface area contributed by atoms with Crippen molar-refractivity contribution in [3.8, 4) is 0 Å². The first-order valence-electron chi connectivity index (χ1n) is 8.91. The Hall–Kier alpha value is -3.25. The number of methoxy groups -OCH3 is 1. The van der Waals surface area contributed by atoms with Crippen molar-refractivity contribution < 1.29 is 14.3 Å². The molecular weight excluding hydrogens is 372 g/mol. The number of fused-ring (bicyclic) bond motifs is 3. The van der Waals surface area contributed by atoms with Crippen molar-refractivity contribution in [2.75, 3.05) is 7.11 Å². The summed E-state index contributed by atoms with van der Waals surface area (Å²) in [6, 6.07) is 18.7. The lowest BCUT2D eigenvalue weighted by Crippen LogP contribution is -2.15. The molecule has 0 aliphatic carbocycles. The smallest absolute Gasteiger partial charge is 0.337 e. The summed E-state index contributed by atoms with van der Waals surface area (Å²) in [6.45, 7) is 2.75. The predicted octanol–water partition coefficient (Wildman–Crippen LogP) is 4.40. The van der Waals surface area contributed by atoms with Crippen molar-refractivity contribution >= 4 is 44.2 Å². The first-order chi connectivity index (χ1) is 13.6. The van der Waals surface area contributed by atoms with Crippen LogP contribution in [-0.4, -0.2) is 23.6 Å². The van der Waals surface area contributed by atoms with E-state index in [0.29, 0.717) is 22.5 Å². The highest BCUT2D eigenvalue weighted by atomic mass is 32.1. The molecule has 4 rings (SSSR count). The molecule has 0 unspecified atom stereocenters. The molecule has 4 aromatic rings. The standard InChI is InChI=1S/C22H18N2O3S/c1-3-24-18-13-12-14-6-4-5-7-17(14)19(18)28-22(24)23-20(25)15-8-10-16(11-9-15)21(26)27-2/h4-13H,3H2,1-2H3. The maximum Gasteiger partial charge on any atom is 0.337 e. The number of ether oxygens (including phenoxy) is 1. The number of esters is 1. The van der Waals surface area contributed by atoms with Crippen LogP contribution in [0.3, 0.4) is 0 Å². The second-order valence-electron chi connectivity index (χ2n) is 6.25. The van der Waals surface area contributed by atoms with Gasteiger partial charge in [0.05, 0.1) is 22.9 Å². The number of thiazole rings is 1. The van der Waals surface area contributed by atoms with Crippen LogP contribution in [0, 0.1) is 0 Å². The molecule has 0 spiro atoms. The molecule has 0 radical (unpaired) electrons. The number of hydrogen-bond acceptors (Lipinski definition) is 4. The Bertz CT molecular complexity index is 1270. The van der Waals surface area contributed by atoms with Crippen LogP contribution in [-0.2, 0) is 11.3 Å². The molecule has 1 heterocycles. The second kappa shape index (κ2) is 7.40. The molecule has 0 saturated heterocycles. The largest absolute Gasteiger partial charge is 0.465 e. The summed E-state index contributed by atoms with van der Waals surface area (Å²) in [6.07, 6.45) is 0. The molecule has 1 aromatic heterocycles. The Morgan fingerprint density at radius 1 is 1.00 bits per heavy atom. The van der Waals surface area contributed by atoms with Gasteiger partial charge in [-0.25, -0.2) is 4.79 Å². The highest BCUT2D eigenvalue weighted by Gasteiger charge is 2.12. The van der Waals surface area contributed by atoms with Gasteiger partial charge in [0.1, 0.15) is 0 Å². The third kappa shape index (κ3) is 3.12. The van der Waals surface area contributed by atoms with Gasteiger partial charge >= 0.3 is 5.97 Å². The lowest BCUT2D eigenvalue weighted by molar-refractivity contribution is 0.0600. The topological polar surface area (TPSA) is 60.7 Å². The predicted molar refractivity (Wildman–Crippen MR) is 111 cm³/mol. The summed E-state index contributed by atoms with van der Waals surface area (Å²) < 4.78 is 7.85. The lowest BCUT2D eigenvalue weighted by atomic mass is 10.1. The maximum absolute atomic E-state index is 12.7. The number of hydrogen-bond donors (Lipinski definition) is 0. The molecule has 0 bridgehead atoms. The molecule has 5 nitrogen and oxygen atoms in total. The van der Waals surface area contributed by atoms with Crippen molar-refractivity contribution in [1.82, 2.24) is 4.57 Å². The lowest BCUT2D eigenvalue weighted by Gasteiger charge is -2.02. The van der Waals surface area contributed by atoms with E-state index in [-0.39, 0.29) is 5.91 Å². The van der Waals surface area contributed by atoms with Gasteiger partial charge in [0.2, 0.25) is 0 Å². The zero-order chi connectivity index (χ0) is 19.7. The van der Waals surface area contributed by atoms with Crippen LogP contribution in [0.1, 0.15) is 27.6 Å². The van der Waals surface area contributed by atoms with Gasteiger partial charge in [-0.05, 0) is 42.6 Å². The van der Waals surface area contributed by atoms with E-state index in [0.717, 1.165) is 21.0 Å². The van der Waals surface area contributed by atoms with Crippen molar-refractivity contribution in [3.05, 3.63) is 76.6 Å². The summed E-state index contributed by atoms with van der Waals surface area (Å²) in [5, 5.41) is 2.32. The minimum absolute atomic E-state index is 0.338. The van der Waals surface area contributed by atoms with Crippen LogP contribution in [0.25, 0.3) is 21.0 Å². The van der Waals surface area contributed by atoms with Crippen LogP contribution in [0.4, 0.5) is 0 Å². The van der Waals surface area contributed by atoms with Crippen LogP contribution in [0.15, 0.2) is 65.7 Å². The summed E-state index contributed by atoms with van der Waals surface area (Å²) in [5.41, 5.74) is 1.90. The van der Waals surface area contributed by atoms with Gasteiger partial charge in [-0.1, -0.05) is 41.7 Å². The van der Waals surface area contributed by atoms with Gasteiger partial charge in [0, 0.05) is 17.5 Å². The first kappa shape index (κ1) is 18.1. The molecule has 0 aliphatic heterocycles. The molecule has 0 aliphatic rings. The van der Waals surface area contributed by atoms with E-state index in [1.54, 1.807) is 24.3 Å². The molecule has 6 heteroatoms. The number of aryl methyl sites for hydroxylation is 1. The molecule has 0 N–H and O–H groups in total. The van der Waals surface area contributed by atoms with Gasteiger partial charge in [0.15, 0.2) is 4.80 Å². The molecule has 3 aromatic carbocycles. The molecule has 140 valence electrons. The number of nitrogens with zero attached hydrogens (tertiary/aromatic N) is 2. The number of carbonyl (C=O) groups excluding carboxylic acids is 2. The van der Waals surface area contributed by atoms with Crippen molar-refractivity contribution in [3.63, 3.8) is 0 Å². The van der Waals surface area contributed by atoms with Gasteiger partial charge < -0.3 is 9.30 Å². The maximum atomic E-state index is 12.7. The zero-order valence-corrected chi connectivity index (χ0v) is 16.3. The second-order valence-corrected chi connectivity index (χ2v) is 7.23. The van der Waals surface area contributed by atoms with E-state index in [9.17, 15) is 9.59 Å². The highest BCUT2D eigenvalue weighted by Crippen LogP contribution is 2.27. The average Bonchev–Trinajstić information content (AvgIpc) is 3.10. The molecule has 28 heavy (non-hydrogen) atoms. The molecule has 1 amide bonds. The van der Waals surface area contributed by atoms with Gasteiger partial charge in [-0.2, -0.15) is 4.99 Å². The average molecular weight is 390 g/mol. The van der Waals surface area contributed by atoms with Crippen LogP contribution in [0.5, 0.6) is 0 Å². The van der Waals surface area contributed by atoms with E-state index in [4.69, 9.17) is 0 Å². The first-order valence-corrected chi connectivity index (χ1v) is 9.72. The number of carbonyl (C=O) groups is 2. The fourth-order valence-electron chi connectivity index (χ4n) is 3.21. The third-order valence-corrected chi connectivity index (χ3v) is 5.77. The van der Waals surface area contributed by atoms with Crippen molar-refractivity contribution in [2.24, 2.45) is 4.99 Å². The molecule has 0 atom stereocenters. The fraction of sp³-hybridized carbons (Fsp3) is 0.136. The van der Waals surface area contributed by atoms with Crippen LogP contribution < -0.4 is 4.80 Å². The number of amides is 1. The quantitative estimate of drug-likeness (QED) is 0.487. The van der Waals surface area contributed by atoms with E-state index in [1.807, 2.05) is 23.6 Å². The zero-order valence-electron chi connectivity index (χ0n) is 15.5. The van der Waals surface area contributed by atoms with E-state index >= 15 is 0 Å². The monoisotopic (exact) mass is 390 g/mol. The Morgan fingerprint density at radius 2 is 1.71 bits per heavy atom. The van der Waals surface area contributed by atoms with Gasteiger partial charge in [-0.3, -0.25) is 4.79 Å². The van der Waals surface area contributed by atoms with Crippen molar-refractivity contribution in [1.29, 1.82) is 0 Å². The summed E-state index contributed by atoms with van der Waals surface area (Å²) >= 11 is 1.51. The van der Waals surface area contributed by atoms with Gasteiger partial charge in [0.25, 0.3) is 5.91 Å². The van der Waals surface area contributed by atoms with Gasteiger partial charge in [-0.15, -0.1) is 0 Å². The Morgan fingerprint density at radius 3 is 2.43 bits per heavy atom. The number of benzene rings is 3. The van der Waals surface area contributed by atoms with Crippen molar-refractivity contribution in [2.45, 2.75) is 13.5 Å². The molecular formula is C22H18N2O3S. The summed E-state index contributed by atoms with van der Waals surface area (Å²) in [5.74, 6) is -0.773. The highest BCUT2D eigenvalue weighted by molar-refractivity contribution is 7.17. The van der Waals surface area contributed by atoms with E-state index < -0.39 is 5.97 Å². The summed E-state index contributed by atoms with van der Waals surface area (Å²) in [7, 11) is 1.32. The molecule has 0 fully saturated rings. The normalized spacial score (nSPS) is 11.9. The van der Waals surface area contributed by atoms with E-state index in [2.05, 4.69) is 34.0 Å². The Kier molecular flexibility index (Phi) is 4.79. The van der Waals surface area contributed by atoms with E-state index in [1.165, 1.54) is 18.4 Å². The fourth-order valence-corrected chi connectivity index (χ4v) is 4.44.